The number of hydrogen-bond donors (Lipinski definition) is 0. The molecule has 2 aromatic rings. The van der Waals surface area contributed by atoms with Gasteiger partial charge < -0.3 is 9.32 Å². The standard InChI is InChI=1S/C13H15N3O3/c1-3-15(2)10-6-13(18)16(14-7-10)8-11-4-5-12(9-17)19-11/h4-7,9H,3,8H2,1-2H3. The first-order chi connectivity index (χ1) is 9.13. The fourth-order valence-corrected chi connectivity index (χ4v) is 1.62. The number of furan rings is 1. The molecule has 0 amide bonds. The summed E-state index contributed by atoms with van der Waals surface area (Å²) in [5.41, 5.74) is 0.568. The Bertz CT molecular complexity index is 630. The highest BCUT2D eigenvalue weighted by Gasteiger charge is 2.06. The Morgan fingerprint density at radius 2 is 2.26 bits per heavy atom. The van der Waals surface area contributed by atoms with E-state index in [-0.39, 0.29) is 17.9 Å². The molecule has 0 aliphatic carbocycles. The summed E-state index contributed by atoms with van der Waals surface area (Å²) in [4.78, 5) is 24.3. The van der Waals surface area contributed by atoms with Gasteiger partial charge in [-0.15, -0.1) is 0 Å². The van der Waals surface area contributed by atoms with Crippen LogP contribution in [0.25, 0.3) is 0 Å². The third-order valence-corrected chi connectivity index (χ3v) is 2.87. The number of aldehydes is 1. The lowest BCUT2D eigenvalue weighted by Gasteiger charge is -2.16. The minimum Gasteiger partial charge on any atom is -0.456 e. The van der Waals surface area contributed by atoms with Crippen molar-refractivity contribution in [2.24, 2.45) is 0 Å². The molecule has 19 heavy (non-hydrogen) atoms. The molecule has 0 aliphatic rings. The van der Waals surface area contributed by atoms with Gasteiger partial charge in [0.05, 0.1) is 11.9 Å². The maximum absolute atomic E-state index is 11.9. The van der Waals surface area contributed by atoms with Gasteiger partial charge in [-0.3, -0.25) is 9.59 Å². The summed E-state index contributed by atoms with van der Waals surface area (Å²) in [6.07, 6.45) is 2.26. The second-order valence-corrected chi connectivity index (χ2v) is 4.15. The highest BCUT2D eigenvalue weighted by molar-refractivity contribution is 5.70. The molecule has 0 unspecified atom stereocenters. The van der Waals surface area contributed by atoms with Crippen molar-refractivity contribution in [3.8, 4) is 0 Å². The fraction of sp³-hybridized carbons (Fsp3) is 0.308. The van der Waals surface area contributed by atoms with Crippen molar-refractivity contribution in [1.82, 2.24) is 9.78 Å². The van der Waals surface area contributed by atoms with Crippen molar-refractivity contribution in [3.05, 3.63) is 46.3 Å². The number of aromatic nitrogens is 2. The third kappa shape index (κ3) is 2.90. The molecule has 0 spiro atoms. The van der Waals surface area contributed by atoms with E-state index in [1.54, 1.807) is 18.3 Å². The van der Waals surface area contributed by atoms with Crippen LogP contribution in [0.4, 0.5) is 5.69 Å². The molecule has 0 aliphatic heterocycles. The number of rotatable bonds is 5. The number of anilines is 1. The smallest absolute Gasteiger partial charge is 0.269 e. The zero-order chi connectivity index (χ0) is 13.8. The first kappa shape index (κ1) is 13.1. The highest BCUT2D eigenvalue weighted by atomic mass is 16.3. The number of carbonyl (C=O) groups is 1. The summed E-state index contributed by atoms with van der Waals surface area (Å²) < 4.78 is 6.50. The van der Waals surface area contributed by atoms with Crippen LogP contribution in [-0.4, -0.2) is 29.7 Å². The number of carbonyl (C=O) groups excluding carboxylic acids is 1. The largest absolute Gasteiger partial charge is 0.456 e. The van der Waals surface area contributed by atoms with Gasteiger partial charge in [0.15, 0.2) is 12.0 Å². The SMILES string of the molecule is CCN(C)c1cnn(Cc2ccc(C=O)o2)c(=O)c1. The van der Waals surface area contributed by atoms with Crippen molar-refractivity contribution < 1.29 is 9.21 Å². The van der Waals surface area contributed by atoms with Gasteiger partial charge in [-0.1, -0.05) is 0 Å². The quantitative estimate of drug-likeness (QED) is 0.755. The molecular formula is C13H15N3O3. The van der Waals surface area contributed by atoms with Crippen molar-refractivity contribution >= 4 is 12.0 Å². The second kappa shape index (κ2) is 5.51. The molecule has 2 heterocycles. The van der Waals surface area contributed by atoms with Gasteiger partial charge in [0.25, 0.3) is 5.56 Å². The van der Waals surface area contributed by atoms with Crippen LogP contribution in [0.15, 0.2) is 33.6 Å². The average Bonchev–Trinajstić information content (AvgIpc) is 2.88. The van der Waals surface area contributed by atoms with Crippen LogP contribution in [0.5, 0.6) is 0 Å². The molecule has 0 saturated carbocycles. The Morgan fingerprint density at radius 3 is 2.84 bits per heavy atom. The van der Waals surface area contributed by atoms with E-state index in [0.29, 0.717) is 12.0 Å². The summed E-state index contributed by atoms with van der Waals surface area (Å²) in [6.45, 7) is 3.00. The van der Waals surface area contributed by atoms with Crippen molar-refractivity contribution in [3.63, 3.8) is 0 Å². The third-order valence-electron chi connectivity index (χ3n) is 2.87. The Hall–Kier alpha value is -2.37. The maximum Gasteiger partial charge on any atom is 0.269 e. The lowest BCUT2D eigenvalue weighted by molar-refractivity contribution is 0.109. The fourth-order valence-electron chi connectivity index (χ4n) is 1.62. The molecule has 2 aromatic heterocycles. The Balaban J connectivity index is 2.21. The Kier molecular flexibility index (Phi) is 3.79. The lowest BCUT2D eigenvalue weighted by atomic mass is 10.4. The van der Waals surface area contributed by atoms with E-state index in [4.69, 9.17) is 4.42 Å². The number of nitrogens with zero attached hydrogens (tertiary/aromatic N) is 3. The normalized spacial score (nSPS) is 10.4. The van der Waals surface area contributed by atoms with Gasteiger partial charge >= 0.3 is 0 Å². The molecule has 100 valence electrons. The predicted octanol–water partition coefficient (Wildman–Crippen LogP) is 1.15. The van der Waals surface area contributed by atoms with E-state index in [2.05, 4.69) is 5.10 Å². The summed E-state index contributed by atoms with van der Waals surface area (Å²) in [7, 11) is 1.89. The van der Waals surface area contributed by atoms with Gasteiger partial charge in [-0.05, 0) is 19.1 Å². The topological polar surface area (TPSA) is 68.3 Å². The molecule has 0 radical (unpaired) electrons. The summed E-state index contributed by atoms with van der Waals surface area (Å²) >= 11 is 0. The molecule has 0 fully saturated rings. The van der Waals surface area contributed by atoms with Crippen LogP contribution >= 0.6 is 0 Å². The molecule has 6 heteroatoms. The van der Waals surface area contributed by atoms with E-state index in [0.717, 1.165) is 12.2 Å². The van der Waals surface area contributed by atoms with Crippen LogP contribution in [0, 0.1) is 0 Å². The van der Waals surface area contributed by atoms with Crippen molar-refractivity contribution in [2.75, 3.05) is 18.5 Å². The van der Waals surface area contributed by atoms with Gasteiger partial charge in [0.2, 0.25) is 0 Å². The average molecular weight is 261 g/mol. The van der Waals surface area contributed by atoms with Crippen LogP contribution in [0.1, 0.15) is 23.2 Å². The Morgan fingerprint density at radius 1 is 1.47 bits per heavy atom. The summed E-state index contributed by atoms with van der Waals surface area (Å²) in [6, 6.07) is 4.75. The maximum atomic E-state index is 11.9. The molecule has 0 aromatic carbocycles. The van der Waals surface area contributed by atoms with E-state index >= 15 is 0 Å². The monoisotopic (exact) mass is 261 g/mol. The lowest BCUT2D eigenvalue weighted by Crippen LogP contribution is -2.25. The van der Waals surface area contributed by atoms with E-state index in [9.17, 15) is 9.59 Å². The first-order valence-corrected chi connectivity index (χ1v) is 5.96. The minimum atomic E-state index is -0.207. The molecule has 0 saturated heterocycles. The Labute approximate surface area is 110 Å². The molecular weight excluding hydrogens is 246 g/mol. The highest BCUT2D eigenvalue weighted by Crippen LogP contribution is 2.08. The molecule has 0 N–H and O–H groups in total. The van der Waals surface area contributed by atoms with Crippen molar-refractivity contribution in [2.45, 2.75) is 13.5 Å². The zero-order valence-electron chi connectivity index (χ0n) is 10.9. The first-order valence-electron chi connectivity index (χ1n) is 5.96. The van der Waals surface area contributed by atoms with Crippen LogP contribution in [-0.2, 0) is 6.54 Å². The van der Waals surface area contributed by atoms with Crippen LogP contribution in [0.2, 0.25) is 0 Å². The van der Waals surface area contributed by atoms with E-state index < -0.39 is 0 Å². The summed E-state index contributed by atoms with van der Waals surface area (Å²) in [5, 5.41) is 4.09. The van der Waals surface area contributed by atoms with Gasteiger partial charge in [0, 0.05) is 19.7 Å². The van der Waals surface area contributed by atoms with E-state index in [1.807, 2.05) is 18.9 Å². The van der Waals surface area contributed by atoms with Gasteiger partial charge in [-0.25, -0.2) is 4.68 Å². The number of hydrogen-bond acceptors (Lipinski definition) is 5. The van der Waals surface area contributed by atoms with Gasteiger partial charge in [-0.2, -0.15) is 5.10 Å². The molecule has 0 bridgehead atoms. The minimum absolute atomic E-state index is 0.207. The van der Waals surface area contributed by atoms with Gasteiger partial charge in [0.1, 0.15) is 12.3 Å². The molecule has 2 rings (SSSR count). The van der Waals surface area contributed by atoms with E-state index in [1.165, 1.54) is 10.7 Å². The molecule has 0 atom stereocenters. The second-order valence-electron chi connectivity index (χ2n) is 4.15. The van der Waals surface area contributed by atoms with Crippen LogP contribution < -0.4 is 10.5 Å². The molecule has 6 nitrogen and oxygen atoms in total. The predicted molar refractivity (Wildman–Crippen MR) is 70.6 cm³/mol. The van der Waals surface area contributed by atoms with Crippen LogP contribution in [0.3, 0.4) is 0 Å². The van der Waals surface area contributed by atoms with Crippen molar-refractivity contribution in [1.29, 1.82) is 0 Å². The zero-order valence-corrected chi connectivity index (χ0v) is 10.9. The summed E-state index contributed by atoms with van der Waals surface area (Å²) in [5.74, 6) is 0.763.